The maximum Gasteiger partial charge on any atom is 0.127 e. The molecule has 1 aliphatic rings. The molecular weight excluding hydrogens is 355 g/mol. The van der Waals surface area contributed by atoms with Gasteiger partial charge in [0.25, 0.3) is 0 Å². The quantitative estimate of drug-likeness (QED) is 0.725. The number of rotatable bonds is 6. The molecule has 0 aromatic heterocycles. The Labute approximate surface area is 162 Å². The van der Waals surface area contributed by atoms with Crippen LogP contribution < -0.4 is 10.1 Å². The molecule has 3 nitrogen and oxygen atoms in total. The lowest BCUT2D eigenvalue weighted by Crippen LogP contribution is -2.45. The molecule has 1 aliphatic heterocycles. The zero-order valence-electron chi connectivity index (χ0n) is 14.3. The first kappa shape index (κ1) is 21.5. The molecular formula is C20H26Cl2N2O. The number of nitrogens with zero attached hydrogens (tertiary/aromatic N) is 1. The van der Waals surface area contributed by atoms with Gasteiger partial charge in [0.2, 0.25) is 0 Å². The Hall–Kier alpha value is -1.52. The van der Waals surface area contributed by atoms with Gasteiger partial charge in [-0.3, -0.25) is 4.90 Å². The zero-order chi connectivity index (χ0) is 15.9. The lowest BCUT2D eigenvalue weighted by atomic mass is 10.0. The van der Waals surface area contributed by atoms with Crippen molar-refractivity contribution in [3.8, 4) is 11.5 Å². The first-order valence-electron chi connectivity index (χ1n) is 8.25. The molecule has 1 N–H and O–H groups in total. The van der Waals surface area contributed by atoms with Gasteiger partial charge in [-0.15, -0.1) is 31.4 Å². The van der Waals surface area contributed by atoms with E-state index in [1.807, 2.05) is 42.5 Å². The average Bonchev–Trinajstić information content (AvgIpc) is 2.61. The predicted molar refractivity (Wildman–Crippen MR) is 109 cm³/mol. The first-order valence-corrected chi connectivity index (χ1v) is 8.25. The minimum absolute atomic E-state index is 0. The minimum Gasteiger partial charge on any atom is -0.457 e. The normalized spacial score (nSPS) is 15.4. The van der Waals surface area contributed by atoms with Crippen LogP contribution in [0, 0.1) is 0 Å². The molecule has 25 heavy (non-hydrogen) atoms. The maximum absolute atomic E-state index is 5.98. The Morgan fingerprint density at radius 1 is 1.00 bits per heavy atom. The van der Waals surface area contributed by atoms with E-state index in [2.05, 4.69) is 35.0 Å². The van der Waals surface area contributed by atoms with Crippen molar-refractivity contribution in [3.63, 3.8) is 0 Å². The molecule has 1 fully saturated rings. The van der Waals surface area contributed by atoms with E-state index in [0.29, 0.717) is 6.04 Å². The molecule has 0 radical (unpaired) electrons. The molecule has 2 aromatic rings. The van der Waals surface area contributed by atoms with Gasteiger partial charge in [0.05, 0.1) is 0 Å². The summed E-state index contributed by atoms with van der Waals surface area (Å²) < 4.78 is 5.98. The van der Waals surface area contributed by atoms with Crippen LogP contribution in [0.2, 0.25) is 0 Å². The van der Waals surface area contributed by atoms with Crippen LogP contribution in [0.5, 0.6) is 11.5 Å². The number of hydrogen-bond donors (Lipinski definition) is 1. The van der Waals surface area contributed by atoms with Crippen LogP contribution in [0.15, 0.2) is 67.3 Å². The Bertz CT molecular complexity index is 631. The van der Waals surface area contributed by atoms with Crippen LogP contribution in [0.1, 0.15) is 18.0 Å². The van der Waals surface area contributed by atoms with Crippen molar-refractivity contribution in [2.75, 3.05) is 26.2 Å². The van der Waals surface area contributed by atoms with Gasteiger partial charge in [-0.2, -0.15) is 0 Å². The first-order chi connectivity index (χ1) is 11.4. The van der Waals surface area contributed by atoms with Crippen molar-refractivity contribution >= 4 is 24.8 Å². The van der Waals surface area contributed by atoms with Crippen LogP contribution in [0.25, 0.3) is 0 Å². The number of piperazine rings is 1. The van der Waals surface area contributed by atoms with Gasteiger partial charge >= 0.3 is 0 Å². The molecule has 0 unspecified atom stereocenters. The largest absolute Gasteiger partial charge is 0.457 e. The fraction of sp³-hybridized carbons (Fsp3) is 0.300. The monoisotopic (exact) mass is 380 g/mol. The molecule has 136 valence electrons. The molecule has 2 aromatic carbocycles. The van der Waals surface area contributed by atoms with Crippen LogP contribution in [-0.2, 0) is 0 Å². The van der Waals surface area contributed by atoms with Gasteiger partial charge in [-0.05, 0) is 36.2 Å². The van der Waals surface area contributed by atoms with Gasteiger partial charge in [0.15, 0.2) is 0 Å². The topological polar surface area (TPSA) is 24.5 Å². The highest BCUT2D eigenvalue weighted by Gasteiger charge is 2.21. The standard InChI is InChI=1S/C20H24N2O.2ClH/c1-2-7-20(22-14-12-21-13-15-22)17-8-6-11-19(16-17)23-18-9-4-3-5-10-18;;/h2-6,8-11,16,20-21H,1,7,12-15H2;2*1H/t20-;;/m1../s1. The molecule has 0 aliphatic carbocycles. The van der Waals surface area contributed by atoms with E-state index in [1.165, 1.54) is 5.56 Å². The molecule has 0 bridgehead atoms. The van der Waals surface area contributed by atoms with Crippen molar-refractivity contribution in [1.29, 1.82) is 0 Å². The molecule has 5 heteroatoms. The summed E-state index contributed by atoms with van der Waals surface area (Å²) in [7, 11) is 0. The Morgan fingerprint density at radius 2 is 1.68 bits per heavy atom. The van der Waals surface area contributed by atoms with E-state index in [4.69, 9.17) is 4.74 Å². The summed E-state index contributed by atoms with van der Waals surface area (Å²) in [5, 5.41) is 3.42. The molecule has 0 amide bonds. The summed E-state index contributed by atoms with van der Waals surface area (Å²) in [6.07, 6.45) is 2.96. The Morgan fingerprint density at radius 3 is 2.36 bits per heavy atom. The number of halogens is 2. The predicted octanol–water partition coefficient (Wildman–Crippen LogP) is 4.84. The molecule has 1 heterocycles. The van der Waals surface area contributed by atoms with Crippen LogP contribution in [-0.4, -0.2) is 31.1 Å². The molecule has 0 spiro atoms. The average molecular weight is 381 g/mol. The van der Waals surface area contributed by atoms with E-state index >= 15 is 0 Å². The SMILES string of the molecule is C=CC[C@H](c1cccc(Oc2ccccc2)c1)N1CCNCC1.Cl.Cl. The summed E-state index contributed by atoms with van der Waals surface area (Å²) >= 11 is 0. The minimum atomic E-state index is 0. The summed E-state index contributed by atoms with van der Waals surface area (Å²) in [4.78, 5) is 2.53. The molecule has 1 saturated heterocycles. The Kier molecular flexibility index (Phi) is 9.61. The Balaban J connectivity index is 0.00000156. The fourth-order valence-electron chi connectivity index (χ4n) is 3.06. The van der Waals surface area contributed by atoms with Crippen molar-refractivity contribution in [2.24, 2.45) is 0 Å². The van der Waals surface area contributed by atoms with Crippen LogP contribution in [0.3, 0.4) is 0 Å². The third-order valence-electron chi connectivity index (χ3n) is 4.20. The highest BCUT2D eigenvalue weighted by molar-refractivity contribution is 5.85. The number of nitrogens with one attached hydrogen (secondary N) is 1. The van der Waals surface area contributed by atoms with E-state index in [-0.39, 0.29) is 24.8 Å². The van der Waals surface area contributed by atoms with Crippen molar-refractivity contribution in [2.45, 2.75) is 12.5 Å². The van der Waals surface area contributed by atoms with Gasteiger partial charge in [0.1, 0.15) is 11.5 Å². The van der Waals surface area contributed by atoms with Crippen LogP contribution >= 0.6 is 24.8 Å². The van der Waals surface area contributed by atoms with E-state index in [9.17, 15) is 0 Å². The van der Waals surface area contributed by atoms with E-state index in [1.54, 1.807) is 0 Å². The summed E-state index contributed by atoms with van der Waals surface area (Å²) in [5.74, 6) is 1.75. The smallest absolute Gasteiger partial charge is 0.127 e. The highest BCUT2D eigenvalue weighted by Crippen LogP contribution is 2.29. The lowest BCUT2D eigenvalue weighted by molar-refractivity contribution is 0.174. The second kappa shape index (κ2) is 11.2. The summed E-state index contributed by atoms with van der Waals surface area (Å²) in [6, 6.07) is 18.7. The zero-order valence-corrected chi connectivity index (χ0v) is 15.9. The van der Waals surface area contributed by atoms with Crippen LogP contribution in [0.4, 0.5) is 0 Å². The molecule has 3 rings (SSSR count). The number of ether oxygens (including phenoxy) is 1. The number of para-hydroxylation sites is 1. The maximum atomic E-state index is 5.98. The van der Waals surface area contributed by atoms with E-state index in [0.717, 1.165) is 44.1 Å². The highest BCUT2D eigenvalue weighted by atomic mass is 35.5. The third kappa shape index (κ3) is 6.05. The third-order valence-corrected chi connectivity index (χ3v) is 4.20. The van der Waals surface area contributed by atoms with Gasteiger partial charge in [-0.1, -0.05) is 36.4 Å². The molecule has 1 atom stereocenters. The molecule has 0 saturated carbocycles. The second-order valence-corrected chi connectivity index (χ2v) is 5.81. The van der Waals surface area contributed by atoms with Crippen molar-refractivity contribution < 1.29 is 4.74 Å². The summed E-state index contributed by atoms with van der Waals surface area (Å²) in [6.45, 7) is 8.18. The number of benzene rings is 2. The number of hydrogen-bond acceptors (Lipinski definition) is 3. The van der Waals surface area contributed by atoms with Gasteiger partial charge in [-0.25, -0.2) is 0 Å². The van der Waals surface area contributed by atoms with E-state index < -0.39 is 0 Å². The van der Waals surface area contributed by atoms with Gasteiger partial charge in [0, 0.05) is 32.2 Å². The summed E-state index contributed by atoms with van der Waals surface area (Å²) in [5.41, 5.74) is 1.29. The lowest BCUT2D eigenvalue weighted by Gasteiger charge is -2.35. The van der Waals surface area contributed by atoms with Crippen molar-refractivity contribution in [1.82, 2.24) is 10.2 Å². The van der Waals surface area contributed by atoms with Gasteiger partial charge < -0.3 is 10.1 Å². The fourth-order valence-corrected chi connectivity index (χ4v) is 3.06. The second-order valence-electron chi connectivity index (χ2n) is 5.81. The van der Waals surface area contributed by atoms with Crippen molar-refractivity contribution in [3.05, 3.63) is 72.8 Å².